The molecule has 0 saturated carbocycles. The molecule has 1 fully saturated rings. The van der Waals surface area contributed by atoms with Gasteiger partial charge in [0.1, 0.15) is 0 Å². The molecule has 0 bridgehead atoms. The van der Waals surface area contributed by atoms with E-state index in [1.165, 1.54) is 10.2 Å². The van der Waals surface area contributed by atoms with Crippen LogP contribution in [0.4, 0.5) is 5.82 Å². The fourth-order valence-corrected chi connectivity index (χ4v) is 3.19. The van der Waals surface area contributed by atoms with Crippen LogP contribution in [-0.4, -0.2) is 50.9 Å². The Morgan fingerprint density at radius 3 is 2.73 bits per heavy atom. The van der Waals surface area contributed by atoms with Crippen molar-refractivity contribution in [3.8, 4) is 0 Å². The van der Waals surface area contributed by atoms with Crippen LogP contribution in [0.1, 0.15) is 18.4 Å². The Kier molecular flexibility index (Phi) is 4.72. The minimum absolute atomic E-state index is 0.0428. The molecule has 3 aromatic rings. The minimum Gasteiger partial charge on any atom is -0.465 e. The molecule has 26 heavy (non-hydrogen) atoms. The zero-order chi connectivity index (χ0) is 17.8. The topological polar surface area (TPSA) is 85.5 Å². The van der Waals surface area contributed by atoms with Crippen LogP contribution in [-0.2, 0) is 16.0 Å². The van der Waals surface area contributed by atoms with Gasteiger partial charge in [0.25, 0.3) is 0 Å². The number of nitrogens with zero attached hydrogens (tertiary/aromatic N) is 6. The molecule has 8 nitrogen and oxygen atoms in total. The average molecular weight is 352 g/mol. The predicted molar refractivity (Wildman–Crippen MR) is 94.6 cm³/mol. The van der Waals surface area contributed by atoms with Gasteiger partial charge in [0.15, 0.2) is 11.5 Å². The highest BCUT2D eigenvalue weighted by atomic mass is 16.5. The van der Waals surface area contributed by atoms with Gasteiger partial charge in [-0.2, -0.15) is 0 Å². The van der Waals surface area contributed by atoms with Crippen LogP contribution in [0.15, 0.2) is 42.5 Å². The molecular weight excluding hydrogens is 332 g/mol. The Morgan fingerprint density at radius 2 is 1.92 bits per heavy atom. The molecule has 1 aromatic carbocycles. The number of anilines is 1. The van der Waals surface area contributed by atoms with E-state index in [1.54, 1.807) is 0 Å². The van der Waals surface area contributed by atoms with Crippen LogP contribution in [0.2, 0.25) is 0 Å². The first-order valence-corrected chi connectivity index (χ1v) is 8.80. The van der Waals surface area contributed by atoms with Crippen LogP contribution >= 0.6 is 0 Å². The van der Waals surface area contributed by atoms with E-state index in [-0.39, 0.29) is 11.9 Å². The van der Waals surface area contributed by atoms with Crippen LogP contribution in [0.25, 0.3) is 5.65 Å². The first-order valence-electron chi connectivity index (χ1n) is 8.80. The van der Waals surface area contributed by atoms with Crippen LogP contribution < -0.4 is 4.90 Å². The Bertz CT molecular complexity index is 874. The van der Waals surface area contributed by atoms with Gasteiger partial charge in [0.2, 0.25) is 0 Å². The summed E-state index contributed by atoms with van der Waals surface area (Å²) in [5.74, 6) is 0.684. The number of ether oxygens (including phenoxy) is 1. The molecule has 8 heteroatoms. The van der Waals surface area contributed by atoms with Gasteiger partial charge in [0.05, 0.1) is 12.5 Å². The molecule has 2 aromatic heterocycles. The summed E-state index contributed by atoms with van der Waals surface area (Å²) in [6, 6.07) is 13.8. The number of tetrazole rings is 1. The largest absolute Gasteiger partial charge is 0.465 e. The second-order valence-corrected chi connectivity index (χ2v) is 6.38. The van der Waals surface area contributed by atoms with E-state index in [0.717, 1.165) is 38.2 Å². The smallest absolute Gasteiger partial charge is 0.309 e. The molecule has 0 unspecified atom stereocenters. The van der Waals surface area contributed by atoms with E-state index in [9.17, 15) is 4.79 Å². The number of benzene rings is 1. The highest BCUT2D eigenvalue weighted by Gasteiger charge is 2.27. The molecule has 134 valence electrons. The number of carbonyl (C=O) groups excluding carboxylic acids is 1. The summed E-state index contributed by atoms with van der Waals surface area (Å²) in [4.78, 5) is 14.4. The zero-order valence-corrected chi connectivity index (χ0v) is 14.4. The maximum Gasteiger partial charge on any atom is 0.309 e. The second kappa shape index (κ2) is 7.47. The number of aromatic nitrogens is 5. The maximum atomic E-state index is 12.3. The third-order valence-corrected chi connectivity index (χ3v) is 4.69. The standard InChI is InChI=1S/C18H20N6O2/c25-18(26-13-10-14-4-2-1-3-5-14)15-8-11-23(12-9-15)17-7-6-16-19-21-22-24(16)20-17/h1-7,15H,8-13H2. The first kappa shape index (κ1) is 16.4. The molecular formula is C18H20N6O2. The van der Waals surface area contributed by atoms with Crippen molar-refractivity contribution in [2.75, 3.05) is 24.6 Å². The second-order valence-electron chi connectivity index (χ2n) is 6.38. The van der Waals surface area contributed by atoms with Gasteiger partial charge in [-0.1, -0.05) is 30.3 Å². The van der Waals surface area contributed by atoms with Gasteiger partial charge in [-0.3, -0.25) is 4.79 Å². The van der Waals surface area contributed by atoms with Crippen molar-refractivity contribution in [1.82, 2.24) is 25.3 Å². The highest BCUT2D eigenvalue weighted by molar-refractivity contribution is 5.72. The molecule has 0 radical (unpaired) electrons. The molecule has 0 N–H and O–H groups in total. The Morgan fingerprint density at radius 1 is 1.12 bits per heavy atom. The number of fused-ring (bicyclic) bond motifs is 1. The lowest BCUT2D eigenvalue weighted by molar-refractivity contribution is -0.149. The van der Waals surface area contributed by atoms with Crippen LogP contribution in [0, 0.1) is 5.92 Å². The quantitative estimate of drug-likeness (QED) is 0.644. The highest BCUT2D eigenvalue weighted by Crippen LogP contribution is 2.22. The number of carbonyl (C=O) groups is 1. The third-order valence-electron chi connectivity index (χ3n) is 4.69. The van der Waals surface area contributed by atoms with Crippen molar-refractivity contribution in [2.45, 2.75) is 19.3 Å². The summed E-state index contributed by atoms with van der Waals surface area (Å²) in [5.41, 5.74) is 1.80. The zero-order valence-electron chi connectivity index (χ0n) is 14.4. The molecule has 0 atom stereocenters. The van der Waals surface area contributed by atoms with Crippen LogP contribution in [0.3, 0.4) is 0 Å². The number of hydrogen-bond donors (Lipinski definition) is 0. The summed E-state index contributed by atoms with van der Waals surface area (Å²) >= 11 is 0. The maximum absolute atomic E-state index is 12.3. The number of rotatable bonds is 5. The van der Waals surface area contributed by atoms with E-state index in [1.807, 2.05) is 42.5 Å². The van der Waals surface area contributed by atoms with Crippen molar-refractivity contribution in [3.63, 3.8) is 0 Å². The molecule has 0 aliphatic carbocycles. The molecule has 0 spiro atoms. The van der Waals surface area contributed by atoms with Crippen molar-refractivity contribution < 1.29 is 9.53 Å². The Hall–Kier alpha value is -3.03. The molecule has 0 amide bonds. The van der Waals surface area contributed by atoms with Crippen molar-refractivity contribution in [2.24, 2.45) is 5.92 Å². The van der Waals surface area contributed by atoms with Gasteiger partial charge in [-0.25, -0.2) is 0 Å². The molecule has 1 aliphatic rings. The first-order chi connectivity index (χ1) is 12.8. The van der Waals surface area contributed by atoms with Gasteiger partial charge >= 0.3 is 5.97 Å². The predicted octanol–water partition coefficient (Wildman–Crippen LogP) is 1.52. The SMILES string of the molecule is O=C(OCCc1ccccc1)C1CCN(c2ccc3nnnn3n2)CC1. The summed E-state index contributed by atoms with van der Waals surface area (Å²) in [6.07, 6.45) is 2.28. The Balaban J connectivity index is 1.26. The summed E-state index contributed by atoms with van der Waals surface area (Å²) in [7, 11) is 0. The van der Waals surface area contributed by atoms with E-state index in [4.69, 9.17) is 4.74 Å². The van der Waals surface area contributed by atoms with E-state index in [0.29, 0.717) is 12.3 Å². The molecule has 4 rings (SSSR count). The van der Waals surface area contributed by atoms with Crippen molar-refractivity contribution >= 4 is 17.4 Å². The van der Waals surface area contributed by atoms with E-state index in [2.05, 4.69) is 25.5 Å². The van der Waals surface area contributed by atoms with Gasteiger partial charge in [-0.05, 0) is 41.0 Å². The number of esters is 1. The van der Waals surface area contributed by atoms with E-state index < -0.39 is 0 Å². The monoisotopic (exact) mass is 352 g/mol. The number of piperidine rings is 1. The number of hydrogen-bond acceptors (Lipinski definition) is 7. The van der Waals surface area contributed by atoms with Crippen molar-refractivity contribution in [3.05, 3.63) is 48.0 Å². The lowest BCUT2D eigenvalue weighted by Crippen LogP contribution is -2.37. The van der Waals surface area contributed by atoms with Crippen LogP contribution in [0.5, 0.6) is 0 Å². The van der Waals surface area contributed by atoms with Gasteiger partial charge in [0, 0.05) is 19.5 Å². The fourth-order valence-electron chi connectivity index (χ4n) is 3.19. The fraction of sp³-hybridized carbons (Fsp3) is 0.389. The summed E-state index contributed by atoms with van der Waals surface area (Å²) in [5, 5.41) is 15.7. The Labute approximate surface area is 150 Å². The van der Waals surface area contributed by atoms with Gasteiger partial charge in [-0.15, -0.1) is 14.8 Å². The summed E-state index contributed by atoms with van der Waals surface area (Å²) < 4.78 is 6.89. The third kappa shape index (κ3) is 3.63. The van der Waals surface area contributed by atoms with E-state index >= 15 is 0 Å². The lowest BCUT2D eigenvalue weighted by Gasteiger charge is -2.31. The van der Waals surface area contributed by atoms with Gasteiger partial charge < -0.3 is 9.64 Å². The molecule has 1 aliphatic heterocycles. The van der Waals surface area contributed by atoms with Crippen molar-refractivity contribution in [1.29, 1.82) is 0 Å². The molecule has 3 heterocycles. The average Bonchev–Trinajstić information content (AvgIpc) is 3.17. The lowest BCUT2D eigenvalue weighted by atomic mass is 9.97. The summed E-state index contributed by atoms with van der Waals surface area (Å²) in [6.45, 7) is 1.96. The molecule has 1 saturated heterocycles. The minimum atomic E-state index is -0.0931. The normalized spacial score (nSPS) is 15.3.